The van der Waals surface area contributed by atoms with Crippen LogP contribution in [0.4, 0.5) is 0 Å². The highest BCUT2D eigenvalue weighted by molar-refractivity contribution is 7.91. The predicted molar refractivity (Wildman–Crippen MR) is 105 cm³/mol. The molecule has 0 atom stereocenters. The lowest BCUT2D eigenvalue weighted by atomic mass is 9.87. The number of ether oxygens (including phenoxy) is 1. The van der Waals surface area contributed by atoms with Crippen LogP contribution in [0, 0.1) is 19.8 Å². The van der Waals surface area contributed by atoms with Gasteiger partial charge in [-0.1, -0.05) is 46.8 Å². The molecule has 1 aromatic heterocycles. The van der Waals surface area contributed by atoms with Gasteiger partial charge >= 0.3 is 0 Å². The van der Waals surface area contributed by atoms with E-state index in [0.717, 1.165) is 11.3 Å². The van der Waals surface area contributed by atoms with Crippen LogP contribution in [0.15, 0.2) is 40.1 Å². The van der Waals surface area contributed by atoms with Gasteiger partial charge in [0, 0.05) is 5.69 Å². The van der Waals surface area contributed by atoms with E-state index in [9.17, 15) is 8.42 Å². The normalized spacial score (nSPS) is 12.5. The van der Waals surface area contributed by atoms with Gasteiger partial charge in [0.15, 0.2) is 0 Å². The summed E-state index contributed by atoms with van der Waals surface area (Å²) in [6, 6.07) is 8.86. The smallest absolute Gasteiger partial charge is 0.233 e. The van der Waals surface area contributed by atoms with Crippen LogP contribution in [-0.4, -0.2) is 20.0 Å². The number of benzene rings is 1. The van der Waals surface area contributed by atoms with Crippen LogP contribution in [0.3, 0.4) is 0 Å². The molecule has 5 heteroatoms. The zero-order valence-electron chi connectivity index (χ0n) is 16.8. The summed E-state index contributed by atoms with van der Waals surface area (Å²) in [5.41, 5.74) is 2.45. The van der Waals surface area contributed by atoms with Crippen molar-refractivity contribution >= 4 is 9.84 Å². The average Bonchev–Trinajstić information content (AvgIpc) is 2.51. The highest BCUT2D eigenvalue weighted by atomic mass is 32.2. The second-order valence-electron chi connectivity index (χ2n) is 8.20. The molecule has 0 saturated heterocycles. The van der Waals surface area contributed by atoms with Gasteiger partial charge in [-0.15, -0.1) is 0 Å². The fourth-order valence-electron chi connectivity index (χ4n) is 2.71. The molecule has 26 heavy (non-hydrogen) atoms. The summed E-state index contributed by atoms with van der Waals surface area (Å²) in [6.07, 6.45) is 0. The Bertz CT molecular complexity index is 877. The Kier molecular flexibility index (Phi) is 5.81. The maximum absolute atomic E-state index is 13.3. The van der Waals surface area contributed by atoms with Crippen LogP contribution in [0.25, 0.3) is 0 Å². The number of pyridine rings is 1. The van der Waals surface area contributed by atoms with Gasteiger partial charge in [-0.2, -0.15) is 0 Å². The van der Waals surface area contributed by atoms with Crippen molar-refractivity contribution in [1.29, 1.82) is 0 Å². The Morgan fingerprint density at radius 1 is 1.08 bits per heavy atom. The summed E-state index contributed by atoms with van der Waals surface area (Å²) in [7, 11) is -3.71. The first-order valence-electron chi connectivity index (χ1n) is 8.89. The van der Waals surface area contributed by atoms with Gasteiger partial charge in [0.05, 0.1) is 11.5 Å². The first-order chi connectivity index (χ1) is 11.9. The van der Waals surface area contributed by atoms with Gasteiger partial charge < -0.3 is 4.74 Å². The maximum Gasteiger partial charge on any atom is 0.233 e. The van der Waals surface area contributed by atoms with Crippen molar-refractivity contribution in [2.45, 2.75) is 63.7 Å². The van der Waals surface area contributed by atoms with E-state index in [0.29, 0.717) is 12.2 Å². The molecule has 2 rings (SSSR count). The van der Waals surface area contributed by atoms with E-state index in [1.165, 1.54) is 0 Å². The first kappa shape index (κ1) is 20.4. The maximum atomic E-state index is 13.3. The van der Waals surface area contributed by atoms with Crippen LogP contribution in [0.2, 0.25) is 0 Å². The predicted octanol–water partition coefficient (Wildman–Crippen LogP) is 4.86. The SMILES string of the molecule is Cc1cc(C)c(S(=O)(=O)c2ccc(C(C)(C)C)cc2)c(OCC(C)C)n1. The first-order valence-corrected chi connectivity index (χ1v) is 10.4. The molecule has 0 unspecified atom stereocenters. The van der Waals surface area contributed by atoms with Gasteiger partial charge in [0.25, 0.3) is 0 Å². The summed E-state index contributed by atoms with van der Waals surface area (Å²) in [6.45, 7) is 14.4. The summed E-state index contributed by atoms with van der Waals surface area (Å²) >= 11 is 0. The molecular formula is C21H29NO3S. The molecule has 0 spiro atoms. The van der Waals surface area contributed by atoms with Gasteiger partial charge in [-0.25, -0.2) is 13.4 Å². The molecular weight excluding hydrogens is 346 g/mol. The van der Waals surface area contributed by atoms with Crippen LogP contribution in [0.5, 0.6) is 5.88 Å². The Balaban J connectivity index is 2.55. The van der Waals surface area contributed by atoms with Crippen LogP contribution in [0.1, 0.15) is 51.4 Å². The standard InChI is InChI=1S/C21H29NO3S/c1-14(2)13-25-20-19(15(3)12-16(4)22-20)26(23,24)18-10-8-17(9-11-18)21(5,6)7/h8-12,14H,13H2,1-7H3. The summed E-state index contributed by atoms with van der Waals surface area (Å²) in [4.78, 5) is 4.77. The third-order valence-corrected chi connectivity index (χ3v) is 6.04. The van der Waals surface area contributed by atoms with E-state index in [1.54, 1.807) is 25.1 Å². The number of hydrogen-bond donors (Lipinski definition) is 0. The zero-order valence-corrected chi connectivity index (χ0v) is 17.6. The van der Waals surface area contributed by atoms with Crippen molar-refractivity contribution in [2.75, 3.05) is 6.61 Å². The molecule has 2 aromatic rings. The van der Waals surface area contributed by atoms with Crippen molar-refractivity contribution in [3.8, 4) is 5.88 Å². The van der Waals surface area contributed by atoms with Gasteiger partial charge in [0.1, 0.15) is 4.90 Å². The van der Waals surface area contributed by atoms with E-state index in [4.69, 9.17) is 4.74 Å². The minimum absolute atomic E-state index is 0.0326. The summed E-state index contributed by atoms with van der Waals surface area (Å²) in [5, 5.41) is 0. The third-order valence-electron chi connectivity index (χ3n) is 4.11. The molecule has 1 heterocycles. The van der Waals surface area contributed by atoms with E-state index in [2.05, 4.69) is 25.8 Å². The minimum atomic E-state index is -3.71. The molecule has 0 radical (unpaired) electrons. The Morgan fingerprint density at radius 2 is 1.65 bits per heavy atom. The van der Waals surface area contributed by atoms with Gasteiger partial charge in [0.2, 0.25) is 15.7 Å². The lowest BCUT2D eigenvalue weighted by Crippen LogP contribution is -2.14. The fourth-order valence-corrected chi connectivity index (χ4v) is 4.26. The van der Waals surface area contributed by atoms with Crippen LogP contribution < -0.4 is 4.74 Å². The number of sulfone groups is 1. The molecule has 0 saturated carbocycles. The van der Waals surface area contributed by atoms with E-state index in [1.807, 2.05) is 32.9 Å². The van der Waals surface area contributed by atoms with Crippen molar-refractivity contribution in [3.63, 3.8) is 0 Å². The molecule has 0 N–H and O–H groups in total. The van der Waals surface area contributed by atoms with E-state index < -0.39 is 9.84 Å². The number of aryl methyl sites for hydroxylation is 2. The lowest BCUT2D eigenvalue weighted by Gasteiger charge is -2.19. The van der Waals surface area contributed by atoms with Crippen molar-refractivity contribution in [3.05, 3.63) is 47.2 Å². The lowest BCUT2D eigenvalue weighted by molar-refractivity contribution is 0.253. The van der Waals surface area contributed by atoms with Crippen LogP contribution >= 0.6 is 0 Å². The second kappa shape index (κ2) is 7.39. The van der Waals surface area contributed by atoms with E-state index >= 15 is 0 Å². The largest absolute Gasteiger partial charge is 0.476 e. The molecule has 142 valence electrons. The Morgan fingerprint density at radius 3 is 2.15 bits per heavy atom. The minimum Gasteiger partial charge on any atom is -0.476 e. The number of aromatic nitrogens is 1. The molecule has 4 nitrogen and oxygen atoms in total. The van der Waals surface area contributed by atoms with Crippen molar-refractivity contribution < 1.29 is 13.2 Å². The number of rotatable bonds is 5. The third kappa shape index (κ3) is 4.44. The monoisotopic (exact) mass is 375 g/mol. The van der Waals surface area contributed by atoms with E-state index in [-0.39, 0.29) is 27.0 Å². The second-order valence-corrected chi connectivity index (χ2v) is 10.1. The number of hydrogen-bond acceptors (Lipinski definition) is 4. The molecule has 1 aromatic carbocycles. The molecule has 0 aliphatic heterocycles. The van der Waals surface area contributed by atoms with Gasteiger partial charge in [-0.3, -0.25) is 0 Å². The van der Waals surface area contributed by atoms with Gasteiger partial charge in [-0.05, 0) is 54.5 Å². The highest BCUT2D eigenvalue weighted by Gasteiger charge is 2.27. The molecule has 0 fully saturated rings. The highest BCUT2D eigenvalue weighted by Crippen LogP contribution is 2.33. The number of nitrogens with zero attached hydrogens (tertiary/aromatic N) is 1. The Labute approximate surface area is 157 Å². The van der Waals surface area contributed by atoms with Crippen molar-refractivity contribution in [1.82, 2.24) is 4.98 Å². The zero-order chi connectivity index (χ0) is 19.7. The quantitative estimate of drug-likeness (QED) is 0.748. The molecule has 0 amide bonds. The fraction of sp³-hybridized carbons (Fsp3) is 0.476. The summed E-state index contributed by atoms with van der Waals surface area (Å²) < 4.78 is 32.3. The molecule has 0 bridgehead atoms. The van der Waals surface area contributed by atoms with Crippen LogP contribution in [-0.2, 0) is 15.3 Å². The average molecular weight is 376 g/mol. The summed E-state index contributed by atoms with van der Waals surface area (Å²) in [5.74, 6) is 0.468. The van der Waals surface area contributed by atoms with Crippen molar-refractivity contribution in [2.24, 2.45) is 5.92 Å². The topological polar surface area (TPSA) is 56.3 Å². The molecule has 0 aliphatic rings. The Hall–Kier alpha value is -1.88. The molecule has 0 aliphatic carbocycles.